The first-order valence-corrected chi connectivity index (χ1v) is 14.8. The van der Waals surface area contributed by atoms with E-state index in [0.717, 1.165) is 12.8 Å². The van der Waals surface area contributed by atoms with E-state index in [0.29, 0.717) is 44.7 Å². The monoisotopic (exact) mass is 611 g/mol. The Hall–Kier alpha value is -4.90. The van der Waals surface area contributed by atoms with Crippen LogP contribution in [-0.4, -0.2) is 44.9 Å². The summed E-state index contributed by atoms with van der Waals surface area (Å²) in [5.41, 5.74) is 5.57. The van der Waals surface area contributed by atoms with Crippen LogP contribution >= 0.6 is 0 Å². The van der Waals surface area contributed by atoms with Crippen molar-refractivity contribution in [2.24, 2.45) is 5.73 Å². The van der Waals surface area contributed by atoms with Gasteiger partial charge in [0, 0.05) is 40.2 Å². The van der Waals surface area contributed by atoms with Crippen molar-refractivity contribution >= 4 is 34.3 Å². The minimum Gasteiger partial charge on any atom is -0.489 e. The lowest BCUT2D eigenvalue weighted by Gasteiger charge is -2.26. The number of hydrogen-bond acceptors (Lipinski definition) is 7. The van der Waals surface area contributed by atoms with Crippen LogP contribution in [0.25, 0.3) is 22.2 Å². The summed E-state index contributed by atoms with van der Waals surface area (Å²) in [5.74, 6) is -0.957. The van der Waals surface area contributed by atoms with Crippen LogP contribution in [0.5, 0.6) is 5.75 Å². The molecule has 4 aromatic rings. The second-order valence-corrected chi connectivity index (χ2v) is 12.7. The number of ketones is 1. The van der Waals surface area contributed by atoms with Gasteiger partial charge in [-0.3, -0.25) is 14.6 Å². The number of fused-ring (bicyclic) bond motifs is 2. The predicted molar refractivity (Wildman–Crippen MR) is 166 cm³/mol. The Morgan fingerprint density at radius 1 is 1.11 bits per heavy atom. The van der Waals surface area contributed by atoms with Crippen LogP contribution < -0.4 is 21.1 Å². The summed E-state index contributed by atoms with van der Waals surface area (Å²) >= 11 is 0. The Balaban J connectivity index is 1.29. The molecule has 1 aliphatic carbocycles. The van der Waals surface area contributed by atoms with Gasteiger partial charge in [0.05, 0.1) is 16.9 Å². The van der Waals surface area contributed by atoms with Crippen LogP contribution in [0.2, 0.25) is 0 Å². The number of hydrogen-bond donors (Lipinski definition) is 4. The third-order valence-electron chi connectivity index (χ3n) is 8.82. The smallest absolute Gasteiger partial charge is 0.319 e. The van der Waals surface area contributed by atoms with Gasteiger partial charge in [0.25, 0.3) is 0 Å². The fourth-order valence-electron chi connectivity index (χ4n) is 5.48. The average Bonchev–Trinajstić information content (AvgIpc) is 3.63. The number of nitrogens with zero attached hydrogens (tertiary/aromatic N) is 2. The van der Waals surface area contributed by atoms with Gasteiger partial charge < -0.3 is 26.2 Å². The van der Waals surface area contributed by atoms with Gasteiger partial charge in [-0.25, -0.2) is 14.2 Å². The number of primary amides is 1. The van der Waals surface area contributed by atoms with Gasteiger partial charge in [0.15, 0.2) is 5.78 Å². The number of amides is 3. The summed E-state index contributed by atoms with van der Waals surface area (Å²) in [5, 5.41) is 18.2. The number of nitrogens with two attached hydrogens (primary N) is 1. The number of nitrogens with one attached hydrogen (secondary N) is 2. The Kier molecular flexibility index (Phi) is 7.31. The number of aromatic nitrogens is 2. The zero-order valence-corrected chi connectivity index (χ0v) is 25.2. The maximum Gasteiger partial charge on any atom is 0.319 e. The van der Waals surface area contributed by atoms with Crippen molar-refractivity contribution in [1.82, 2.24) is 15.3 Å². The van der Waals surface area contributed by atoms with Crippen molar-refractivity contribution in [3.63, 3.8) is 0 Å². The molecule has 45 heavy (non-hydrogen) atoms. The van der Waals surface area contributed by atoms with E-state index in [1.807, 2.05) is 13.0 Å². The number of ether oxygens (including phenoxy) is 1. The van der Waals surface area contributed by atoms with Crippen molar-refractivity contribution in [2.75, 3.05) is 11.9 Å². The number of aliphatic hydroxyl groups is 1. The van der Waals surface area contributed by atoms with Crippen LogP contribution in [-0.2, 0) is 15.8 Å². The normalized spacial score (nSPS) is 19.2. The lowest BCUT2D eigenvalue weighted by atomic mass is 9.81. The molecular formula is C34H34FN5O5. The Labute approximate surface area is 259 Å². The molecule has 1 aliphatic heterocycles. The number of Topliss-reactive ketones (excluding diaryl/α,β-unsaturated/α-hetero) is 1. The molecule has 2 aromatic carbocycles. The van der Waals surface area contributed by atoms with Gasteiger partial charge in [-0.15, -0.1) is 0 Å². The molecule has 0 radical (unpaired) electrons. The molecule has 10 nitrogen and oxygen atoms in total. The van der Waals surface area contributed by atoms with Gasteiger partial charge in [0.1, 0.15) is 34.9 Å². The molecule has 3 heterocycles. The lowest BCUT2D eigenvalue weighted by molar-refractivity contribution is -0.123. The number of carbonyl (C=O) groups is 3. The molecule has 5 N–H and O–H groups in total. The highest BCUT2D eigenvalue weighted by molar-refractivity contribution is 6.06. The Morgan fingerprint density at radius 2 is 1.84 bits per heavy atom. The number of carbonyl (C=O) groups excluding carboxylic acids is 3. The fraction of sp³-hybridized carbons (Fsp3) is 0.324. The maximum atomic E-state index is 13.7. The topological polar surface area (TPSA) is 157 Å². The minimum absolute atomic E-state index is 0.0118. The molecule has 11 heteroatoms. The largest absolute Gasteiger partial charge is 0.489 e. The summed E-state index contributed by atoms with van der Waals surface area (Å²) in [6.45, 7) is 5.15. The minimum atomic E-state index is -1.61. The third kappa shape index (κ3) is 5.83. The SMILES string of the molecule is CC1(NC(=O)Nc2cc(C(=O)CC[C@](C)(O)c3cc4c(c(-c5ccc(F)cc5)n3)OC[C@]4(C)C(N)=O)cc3cccnc23)CC1. The molecule has 232 valence electrons. The first-order chi connectivity index (χ1) is 21.3. The summed E-state index contributed by atoms with van der Waals surface area (Å²) in [6.07, 6.45) is 3.34. The number of pyridine rings is 2. The second-order valence-electron chi connectivity index (χ2n) is 12.7. The summed E-state index contributed by atoms with van der Waals surface area (Å²) in [6, 6.07) is 13.7. The number of urea groups is 1. The zero-order valence-electron chi connectivity index (χ0n) is 25.2. The van der Waals surface area contributed by atoms with E-state index in [2.05, 4.69) is 20.6 Å². The molecule has 0 bridgehead atoms. The quantitative estimate of drug-likeness (QED) is 0.192. The van der Waals surface area contributed by atoms with Gasteiger partial charge in [0.2, 0.25) is 5.91 Å². The van der Waals surface area contributed by atoms with Crippen molar-refractivity contribution in [2.45, 2.75) is 63.0 Å². The van der Waals surface area contributed by atoms with Gasteiger partial charge in [-0.1, -0.05) is 6.07 Å². The summed E-state index contributed by atoms with van der Waals surface area (Å²) in [7, 11) is 0. The van der Waals surface area contributed by atoms with Crippen LogP contribution in [0, 0.1) is 5.82 Å². The summed E-state index contributed by atoms with van der Waals surface area (Å²) < 4.78 is 19.6. The molecule has 1 saturated carbocycles. The molecule has 0 spiro atoms. The van der Waals surface area contributed by atoms with Crippen molar-refractivity contribution in [3.8, 4) is 17.0 Å². The van der Waals surface area contributed by atoms with Gasteiger partial charge in [-0.05, 0) is 88.6 Å². The molecule has 2 atom stereocenters. The Bertz CT molecular complexity index is 1850. The lowest BCUT2D eigenvalue weighted by Crippen LogP contribution is -2.40. The molecule has 6 rings (SSSR count). The van der Waals surface area contributed by atoms with Crippen molar-refractivity contribution < 1.29 is 28.6 Å². The molecule has 1 fully saturated rings. The molecule has 0 saturated heterocycles. The highest BCUT2D eigenvalue weighted by Crippen LogP contribution is 2.46. The average molecular weight is 612 g/mol. The third-order valence-corrected chi connectivity index (χ3v) is 8.82. The number of benzene rings is 2. The molecule has 0 unspecified atom stereocenters. The van der Waals surface area contributed by atoms with Crippen LogP contribution in [0.3, 0.4) is 0 Å². The van der Waals surface area contributed by atoms with E-state index in [4.69, 9.17) is 10.5 Å². The molecule has 3 amide bonds. The van der Waals surface area contributed by atoms with E-state index in [1.165, 1.54) is 24.3 Å². The molecule has 2 aromatic heterocycles. The molecular weight excluding hydrogens is 577 g/mol. The van der Waals surface area contributed by atoms with E-state index in [-0.39, 0.29) is 42.5 Å². The Morgan fingerprint density at radius 3 is 2.53 bits per heavy atom. The first-order valence-electron chi connectivity index (χ1n) is 14.8. The number of rotatable bonds is 9. The van der Waals surface area contributed by atoms with E-state index in [1.54, 1.807) is 44.3 Å². The van der Waals surface area contributed by atoms with Crippen molar-refractivity contribution in [1.29, 1.82) is 0 Å². The van der Waals surface area contributed by atoms with Gasteiger partial charge >= 0.3 is 6.03 Å². The number of anilines is 1. The van der Waals surface area contributed by atoms with Crippen molar-refractivity contribution in [3.05, 3.63) is 83.4 Å². The molecule has 2 aliphatic rings. The highest BCUT2D eigenvalue weighted by Gasteiger charge is 2.45. The predicted octanol–water partition coefficient (Wildman–Crippen LogP) is 5.12. The van der Waals surface area contributed by atoms with E-state index >= 15 is 0 Å². The van der Waals surface area contributed by atoms with Crippen LogP contribution in [0.15, 0.2) is 60.8 Å². The second kappa shape index (κ2) is 10.9. The standard InChI is InChI=1S/C34H34FN5O5/c1-32(12-13-32)40-31(43)38-24-16-21(15-20-5-4-14-37-27(20)24)25(41)10-11-34(3,44)26-17-23-29(45-18-33(23,2)30(36)42)28(39-26)19-6-8-22(35)9-7-19/h4-9,14-17,44H,10-13,18H2,1-3H3,(H2,36,42)(H2,38,40,43)/t33-,34-/m0/s1. The van der Waals surface area contributed by atoms with Gasteiger partial charge in [-0.2, -0.15) is 0 Å². The maximum absolute atomic E-state index is 13.7. The van der Waals surface area contributed by atoms with Crippen LogP contribution in [0.4, 0.5) is 14.9 Å². The number of halogens is 1. The summed E-state index contributed by atoms with van der Waals surface area (Å²) in [4.78, 5) is 47.8. The van der Waals surface area contributed by atoms with E-state index < -0.39 is 22.7 Å². The van der Waals surface area contributed by atoms with E-state index in [9.17, 15) is 23.9 Å². The highest BCUT2D eigenvalue weighted by atomic mass is 19.1. The first kappa shape index (κ1) is 30.1. The fourth-order valence-corrected chi connectivity index (χ4v) is 5.48. The van der Waals surface area contributed by atoms with Crippen LogP contribution in [0.1, 0.15) is 68.1 Å². The zero-order chi connectivity index (χ0) is 32.1.